The summed E-state index contributed by atoms with van der Waals surface area (Å²) in [4.78, 5) is 73.3. The van der Waals surface area contributed by atoms with Gasteiger partial charge in [-0.3, -0.25) is 37.6 Å². The van der Waals surface area contributed by atoms with E-state index in [-0.39, 0.29) is 114 Å². The lowest BCUT2D eigenvalue weighted by molar-refractivity contribution is -0.433. The summed E-state index contributed by atoms with van der Waals surface area (Å²) in [6.45, 7) is 17.8. The summed E-state index contributed by atoms with van der Waals surface area (Å²) >= 11 is 1.39. The topological polar surface area (TPSA) is 375 Å². The van der Waals surface area contributed by atoms with Gasteiger partial charge < -0.3 is 29.6 Å². The number of ketones is 3. The lowest BCUT2D eigenvalue weighted by Gasteiger charge is -2.39. The van der Waals surface area contributed by atoms with E-state index in [2.05, 4.69) is 67.4 Å². The Hall–Kier alpha value is -12.3. The third-order valence-corrected chi connectivity index (χ3v) is 36.2. The highest BCUT2D eigenvalue weighted by atomic mass is 32.2. The van der Waals surface area contributed by atoms with Crippen LogP contribution in [-0.4, -0.2) is 165 Å². The number of aryl methyl sites for hydroxylation is 1. The SMILES string of the molecule is CC[N+]1=C(/C=C/C=C/C=C2/N(CCCCCC(=O)NCCCC[C@@H](C(=O)COc3c(F)c(F)c(C(=O)CCCCCCCNC(=O)C4CCN(S(=O)(=O)c5ccccc5-c5c6ccc(=[N+]7CCc8cc(S(=O)(=O)O)ccc87)cc-6oc6cc(N7CCc8cc(C)ccc87)ccc56)CC4)c(F)c3F)n3cc([C@](C)(CC(=O)c4ccsc4)C4CCC(C)CC4)nn3)c3ccc(S(=O)(=O)O)cc3C2(C)C)C(C)(C)c2cc(S(=O)(=O)O)ccc21. The number of amides is 2. The standard InChI is InChI=1S/C113H124F4N10O18S5/c1-9-123-90-46-40-81(149(138,139)140)65-86(90)111(4,5)100(123)29-16-13-17-30-101-112(6,7)87-66-82(150(141,142)143)41-47-91(87)126(101)55-24-14-18-31-102(131)118-53-23-21-26-92(127-68-99(120-121-127)113(8,77-35-32-71(2)33-36-77)67-94(129)76-52-60-146-70-76)95(130)69-144-109-107(116)105(114)104(106(115)108(109)117)93(128)27-15-11-10-12-22-54-119-110(132)73-48-56-122(57-49-73)147(133,134)98-28-20-19-25-85(98)103-83-42-37-78(124-58-50-74-61-72(3)34-44-88(74)124)63-96(83)145-97-64-79(38-43-84(97)103)125-59-51-75-62-80(148(135,136)137)39-45-89(75)125/h13,16-17,19-20,25,28-30,34,37-47,52,60-66,68,70-71,73,77,92H,9-12,14-15,18,21-24,26-27,31-33,35-36,48-51,53-59,67,69H2,1-8H3,(H3-2,118,119,131,132,135,136,137,138,139,140,141,142,143)/p+2/t71?,77?,92-,113+/m0/s1. The van der Waals surface area contributed by atoms with Gasteiger partial charge in [0.2, 0.25) is 50.2 Å². The number of Topliss-reactive ketones (excluding diaryl/α,β-unsaturated/α-hetero) is 3. The molecule has 37 heteroatoms. The van der Waals surface area contributed by atoms with Gasteiger partial charge in [0.05, 0.1) is 42.3 Å². The van der Waals surface area contributed by atoms with Crippen molar-refractivity contribution in [3.8, 4) is 28.2 Å². The molecule has 2 fully saturated rings. The molecule has 2 aliphatic carbocycles. The molecule has 792 valence electrons. The van der Waals surface area contributed by atoms with Gasteiger partial charge in [0.1, 0.15) is 30.5 Å². The fraction of sp³-hybridized carbons (Fsp3) is 0.407. The number of sulfonamides is 1. The number of nitrogens with one attached hydrogen (secondary N) is 2. The zero-order valence-electron chi connectivity index (χ0n) is 85.2. The van der Waals surface area contributed by atoms with Crippen LogP contribution in [0.25, 0.3) is 33.4 Å². The minimum absolute atomic E-state index is 0.00920. The number of ether oxygens (including phenoxy) is 1. The Labute approximate surface area is 876 Å². The Kier molecular flexibility index (Phi) is 32.6. The first-order valence-electron chi connectivity index (χ1n) is 51.4. The number of hydrogen-bond acceptors (Lipinski definition) is 20. The van der Waals surface area contributed by atoms with Gasteiger partial charge in [0.15, 0.2) is 47.0 Å². The van der Waals surface area contributed by atoms with Gasteiger partial charge in [-0.05, 0) is 218 Å². The number of nitrogens with zero attached hydrogens (tertiary/aromatic N) is 8. The second-order valence-electron chi connectivity index (χ2n) is 41.5. The van der Waals surface area contributed by atoms with E-state index in [0.29, 0.717) is 134 Å². The number of hydrogen-bond donors (Lipinski definition) is 5. The highest BCUT2D eigenvalue weighted by molar-refractivity contribution is 7.89. The number of thiophene rings is 1. The van der Waals surface area contributed by atoms with Gasteiger partial charge in [0, 0.05) is 185 Å². The van der Waals surface area contributed by atoms with Crippen molar-refractivity contribution >= 4 is 126 Å². The first kappa shape index (κ1) is 109. The molecule has 1 saturated heterocycles. The maximum atomic E-state index is 16.2. The van der Waals surface area contributed by atoms with E-state index in [1.807, 2.05) is 118 Å². The largest absolute Gasteiger partial charge is 0.479 e. The van der Waals surface area contributed by atoms with Crippen LogP contribution in [0.3, 0.4) is 0 Å². The van der Waals surface area contributed by atoms with E-state index >= 15 is 26.0 Å². The monoisotopic (exact) mass is 2150 g/mol. The fourth-order valence-corrected chi connectivity index (χ4v) is 26.4. The zero-order chi connectivity index (χ0) is 107. The first-order chi connectivity index (χ1) is 71.4. The van der Waals surface area contributed by atoms with Crippen molar-refractivity contribution in [2.75, 3.05) is 68.8 Å². The van der Waals surface area contributed by atoms with Crippen molar-refractivity contribution in [3.63, 3.8) is 0 Å². The van der Waals surface area contributed by atoms with E-state index in [4.69, 9.17) is 9.15 Å². The van der Waals surface area contributed by atoms with E-state index < -0.39 is 128 Å². The second-order valence-corrected chi connectivity index (χ2v) is 48.5. The van der Waals surface area contributed by atoms with Crippen LogP contribution in [0, 0.1) is 47.9 Å². The third-order valence-electron chi connectivity index (χ3n) is 31.0. The molecule has 0 spiro atoms. The number of aromatic nitrogens is 3. The average Bonchev–Trinajstić information content (AvgIpc) is 1.38. The Morgan fingerprint density at radius 3 is 2.03 bits per heavy atom. The zero-order valence-corrected chi connectivity index (χ0v) is 89.3. The highest BCUT2D eigenvalue weighted by Crippen LogP contribution is 2.52. The van der Waals surface area contributed by atoms with Gasteiger partial charge in [-0.25, -0.2) is 21.9 Å². The number of carbonyl (C=O) groups excluding carboxylic acids is 5. The van der Waals surface area contributed by atoms with E-state index in [0.717, 1.165) is 101 Å². The highest BCUT2D eigenvalue weighted by Gasteiger charge is 2.48. The number of benzene rings is 8. The molecule has 2 amide bonds. The van der Waals surface area contributed by atoms with Gasteiger partial charge in [-0.1, -0.05) is 126 Å². The van der Waals surface area contributed by atoms with Crippen LogP contribution in [0.2, 0.25) is 0 Å². The summed E-state index contributed by atoms with van der Waals surface area (Å²) in [5.74, 6) is -11.8. The van der Waals surface area contributed by atoms with Crippen molar-refractivity contribution in [2.24, 2.45) is 17.8 Å². The van der Waals surface area contributed by atoms with Crippen LogP contribution in [0.4, 0.5) is 46.0 Å². The molecule has 8 heterocycles. The summed E-state index contributed by atoms with van der Waals surface area (Å²) in [6, 6.07) is 39.0. The number of rotatable bonds is 42. The first-order valence-corrected chi connectivity index (χ1v) is 58.1. The number of anilines is 3. The van der Waals surface area contributed by atoms with Crippen molar-refractivity contribution in [1.82, 2.24) is 34.5 Å². The third kappa shape index (κ3) is 22.9. The predicted molar refractivity (Wildman–Crippen MR) is 567 cm³/mol. The predicted octanol–water partition coefficient (Wildman–Crippen LogP) is 20.8. The molecular weight excluding hydrogens is 2020 g/mol. The maximum Gasteiger partial charge on any atom is 0.294 e. The maximum absolute atomic E-state index is 16.2. The molecule has 0 bridgehead atoms. The van der Waals surface area contributed by atoms with Crippen LogP contribution in [0.15, 0.2) is 217 Å². The van der Waals surface area contributed by atoms with E-state index in [1.54, 1.807) is 60.1 Å². The summed E-state index contributed by atoms with van der Waals surface area (Å²) in [5.41, 5.74) is 10.1. The molecular formula is C113H126F4N10O18S5+2. The number of piperidine rings is 1. The summed E-state index contributed by atoms with van der Waals surface area (Å²) in [7, 11) is -17.7. The Morgan fingerprint density at radius 1 is 0.647 bits per heavy atom. The van der Waals surface area contributed by atoms with E-state index in [1.165, 1.54) is 62.3 Å². The number of halogens is 4. The average molecular weight is 2150 g/mol. The van der Waals surface area contributed by atoms with Gasteiger partial charge >= 0.3 is 0 Å². The number of unbranched alkanes of at least 4 members (excludes halogenated alkanes) is 7. The number of allylic oxidation sites excluding steroid dienone is 6. The Balaban J connectivity index is 0.492. The second kappa shape index (κ2) is 44.9. The molecule has 1 saturated carbocycles. The molecule has 9 aromatic rings. The molecule has 28 nitrogen and oxygen atoms in total. The van der Waals surface area contributed by atoms with Crippen LogP contribution in [-0.2, 0) is 83.8 Å². The lowest BCUT2D eigenvalue weighted by atomic mass is 9.64. The Bertz CT molecular complexity index is 7750. The molecule has 0 unspecified atom stereocenters. The molecule has 0 radical (unpaired) electrons. The number of carbonyl (C=O) groups is 5. The minimum Gasteiger partial charge on any atom is -0.479 e. The van der Waals surface area contributed by atoms with Crippen molar-refractivity contribution < 1.29 is 103 Å². The molecule has 7 aromatic carbocycles. The van der Waals surface area contributed by atoms with Crippen molar-refractivity contribution in [1.29, 1.82) is 0 Å². The molecule has 2 aromatic heterocycles. The van der Waals surface area contributed by atoms with Crippen LogP contribution in [0.1, 0.15) is 237 Å². The van der Waals surface area contributed by atoms with E-state index in [9.17, 15) is 62.9 Å². The molecule has 6 aliphatic heterocycles. The summed E-state index contributed by atoms with van der Waals surface area (Å²) in [5, 5.41) is 20.0. The van der Waals surface area contributed by atoms with Gasteiger partial charge in [-0.15, -0.1) is 5.10 Å². The molecule has 2 atom stereocenters. The number of fused-ring (bicyclic) bond motifs is 6. The summed E-state index contributed by atoms with van der Waals surface area (Å²) in [6.07, 6.45) is 20.4. The molecule has 5 N–H and O–H groups in total. The van der Waals surface area contributed by atoms with Crippen molar-refractivity contribution in [3.05, 3.63) is 266 Å². The molecule has 17 rings (SSSR count). The lowest BCUT2D eigenvalue weighted by Crippen LogP contribution is -2.43. The minimum atomic E-state index is -4.56. The van der Waals surface area contributed by atoms with Crippen molar-refractivity contribution in [2.45, 2.75) is 239 Å². The van der Waals surface area contributed by atoms with Gasteiger partial charge in [-0.2, -0.15) is 58.8 Å². The normalized spacial score (nSPS) is 18.2. The van der Waals surface area contributed by atoms with Gasteiger partial charge in [0.25, 0.3) is 30.4 Å². The molecule has 150 heavy (non-hydrogen) atoms. The van der Waals surface area contributed by atoms with Crippen LogP contribution in [0.5, 0.6) is 5.75 Å². The fourth-order valence-electron chi connectivity index (χ4n) is 22.6. The Morgan fingerprint density at radius 2 is 1.31 bits per heavy atom. The molecule has 8 aliphatic rings. The van der Waals surface area contributed by atoms with Crippen LogP contribution < -0.4 is 35.1 Å². The smallest absolute Gasteiger partial charge is 0.294 e. The van der Waals surface area contributed by atoms with Crippen LogP contribution >= 0.6 is 11.3 Å². The quantitative estimate of drug-likeness (QED) is 0.00347. The summed E-state index contributed by atoms with van der Waals surface area (Å²) < 4.78 is 217.